The standard InChI is InChI=1S/C10H12ClN3S.ClH/c1-5-4-15-9(6(5)2)8-7(11)3-13-10(12)14-8;/h3-4,8H,1-2H3,(H3,12,13,14);1H. The predicted octanol–water partition coefficient (Wildman–Crippen LogP) is 2.83. The molecule has 0 saturated heterocycles. The molecule has 1 unspecified atom stereocenters. The van der Waals surface area contributed by atoms with Gasteiger partial charge in [-0.3, -0.25) is 0 Å². The Morgan fingerprint density at radius 3 is 2.75 bits per heavy atom. The fourth-order valence-electron chi connectivity index (χ4n) is 1.44. The summed E-state index contributed by atoms with van der Waals surface area (Å²) < 4.78 is 0. The molecule has 0 saturated carbocycles. The zero-order valence-corrected chi connectivity index (χ0v) is 11.3. The second kappa shape index (κ2) is 5.08. The number of rotatable bonds is 1. The molecule has 16 heavy (non-hydrogen) atoms. The Balaban J connectivity index is 0.00000128. The molecule has 0 spiro atoms. The van der Waals surface area contributed by atoms with Crippen molar-refractivity contribution in [3.63, 3.8) is 0 Å². The Hall–Kier alpha value is -0.710. The third-order valence-corrected chi connectivity index (χ3v) is 4.03. The molecule has 2 rings (SSSR count). The normalized spacial score (nSPS) is 19.3. The van der Waals surface area contributed by atoms with E-state index in [1.807, 2.05) is 0 Å². The van der Waals surface area contributed by atoms with Gasteiger partial charge in [-0.1, -0.05) is 11.6 Å². The number of thiophene rings is 1. The molecule has 1 atom stereocenters. The fraction of sp³-hybridized carbons (Fsp3) is 0.300. The predicted molar refractivity (Wildman–Crippen MR) is 72.5 cm³/mol. The Labute approximate surface area is 110 Å². The van der Waals surface area contributed by atoms with Crippen LogP contribution < -0.4 is 11.1 Å². The SMILES string of the molecule is Cc1csc(C2N=C(N)NC=C2Cl)c1C.Cl. The van der Waals surface area contributed by atoms with Gasteiger partial charge < -0.3 is 11.1 Å². The third-order valence-electron chi connectivity index (χ3n) is 2.46. The molecule has 1 aromatic heterocycles. The molecule has 0 aliphatic carbocycles. The highest BCUT2D eigenvalue weighted by Gasteiger charge is 2.22. The molecule has 0 bridgehead atoms. The first-order valence-corrected chi connectivity index (χ1v) is 5.85. The highest BCUT2D eigenvalue weighted by atomic mass is 35.5. The summed E-state index contributed by atoms with van der Waals surface area (Å²) in [6.45, 7) is 4.17. The van der Waals surface area contributed by atoms with E-state index in [4.69, 9.17) is 17.3 Å². The third kappa shape index (κ3) is 2.34. The van der Waals surface area contributed by atoms with Gasteiger partial charge >= 0.3 is 0 Å². The van der Waals surface area contributed by atoms with Crippen LogP contribution in [-0.4, -0.2) is 5.96 Å². The van der Waals surface area contributed by atoms with Gasteiger partial charge in [-0.05, 0) is 30.4 Å². The Bertz CT molecular complexity index is 451. The summed E-state index contributed by atoms with van der Waals surface area (Å²) in [4.78, 5) is 5.47. The maximum absolute atomic E-state index is 6.11. The molecule has 6 heteroatoms. The number of aliphatic imine (C=N–C) groups is 1. The number of nitrogens with two attached hydrogens (primary N) is 1. The van der Waals surface area contributed by atoms with Crippen LogP contribution in [0.2, 0.25) is 0 Å². The first-order chi connectivity index (χ1) is 7.09. The van der Waals surface area contributed by atoms with E-state index in [9.17, 15) is 0 Å². The monoisotopic (exact) mass is 277 g/mol. The molecule has 1 aliphatic heterocycles. The van der Waals surface area contributed by atoms with E-state index >= 15 is 0 Å². The lowest BCUT2D eigenvalue weighted by atomic mass is 10.1. The Morgan fingerprint density at radius 1 is 1.50 bits per heavy atom. The highest BCUT2D eigenvalue weighted by molar-refractivity contribution is 7.10. The molecule has 2 heterocycles. The Morgan fingerprint density at radius 2 is 2.19 bits per heavy atom. The summed E-state index contributed by atoms with van der Waals surface area (Å²) in [7, 11) is 0. The molecule has 3 N–H and O–H groups in total. The van der Waals surface area contributed by atoms with E-state index in [2.05, 4.69) is 29.5 Å². The molecular formula is C10H13Cl2N3S. The fourth-order valence-corrected chi connectivity index (χ4v) is 2.84. The average molecular weight is 278 g/mol. The summed E-state index contributed by atoms with van der Waals surface area (Å²) in [5, 5.41) is 5.58. The van der Waals surface area contributed by atoms with Gasteiger partial charge in [0.25, 0.3) is 0 Å². The number of aryl methyl sites for hydroxylation is 1. The van der Waals surface area contributed by atoms with E-state index in [-0.39, 0.29) is 18.4 Å². The van der Waals surface area contributed by atoms with Crippen LogP contribution in [0.4, 0.5) is 0 Å². The summed E-state index contributed by atoms with van der Waals surface area (Å²) in [5.41, 5.74) is 8.14. The van der Waals surface area contributed by atoms with E-state index in [1.165, 1.54) is 16.0 Å². The van der Waals surface area contributed by atoms with Gasteiger partial charge in [-0.15, -0.1) is 23.7 Å². The van der Waals surface area contributed by atoms with E-state index in [0.717, 1.165) is 0 Å². The van der Waals surface area contributed by atoms with Gasteiger partial charge in [0.2, 0.25) is 0 Å². The first kappa shape index (κ1) is 13.4. The molecule has 0 radical (unpaired) electrons. The zero-order valence-electron chi connectivity index (χ0n) is 8.95. The minimum atomic E-state index is -0.133. The quantitative estimate of drug-likeness (QED) is 0.830. The summed E-state index contributed by atoms with van der Waals surface area (Å²) >= 11 is 7.78. The maximum Gasteiger partial charge on any atom is 0.193 e. The van der Waals surface area contributed by atoms with Crippen molar-refractivity contribution in [1.82, 2.24) is 5.32 Å². The summed E-state index contributed by atoms with van der Waals surface area (Å²) in [5.74, 6) is 0.412. The lowest BCUT2D eigenvalue weighted by Gasteiger charge is -2.17. The van der Waals surface area contributed by atoms with Gasteiger partial charge in [-0.2, -0.15) is 0 Å². The van der Waals surface area contributed by atoms with Crippen LogP contribution >= 0.6 is 35.3 Å². The average Bonchev–Trinajstić information content (AvgIpc) is 2.52. The second-order valence-electron chi connectivity index (χ2n) is 3.50. The van der Waals surface area contributed by atoms with E-state index in [0.29, 0.717) is 11.0 Å². The van der Waals surface area contributed by atoms with Gasteiger partial charge in [0, 0.05) is 11.1 Å². The second-order valence-corrected chi connectivity index (χ2v) is 4.85. The van der Waals surface area contributed by atoms with Gasteiger partial charge in [0.15, 0.2) is 5.96 Å². The highest BCUT2D eigenvalue weighted by Crippen LogP contribution is 2.36. The number of nitrogens with one attached hydrogen (secondary N) is 1. The first-order valence-electron chi connectivity index (χ1n) is 4.59. The number of hydrogen-bond donors (Lipinski definition) is 2. The molecule has 88 valence electrons. The van der Waals surface area contributed by atoms with Crippen LogP contribution in [0.15, 0.2) is 21.6 Å². The van der Waals surface area contributed by atoms with Crippen LogP contribution in [0.25, 0.3) is 0 Å². The van der Waals surface area contributed by atoms with E-state index in [1.54, 1.807) is 17.5 Å². The number of guanidine groups is 1. The van der Waals surface area contributed by atoms with Gasteiger partial charge in [0.1, 0.15) is 6.04 Å². The van der Waals surface area contributed by atoms with Crippen LogP contribution in [-0.2, 0) is 0 Å². The molecule has 1 aliphatic rings. The lowest BCUT2D eigenvalue weighted by molar-refractivity contribution is 0.858. The molecular weight excluding hydrogens is 265 g/mol. The van der Waals surface area contributed by atoms with Crippen LogP contribution in [0, 0.1) is 13.8 Å². The molecule has 0 amide bonds. The largest absolute Gasteiger partial charge is 0.370 e. The van der Waals surface area contributed by atoms with Crippen LogP contribution in [0.3, 0.4) is 0 Å². The van der Waals surface area contributed by atoms with Crippen LogP contribution in [0.5, 0.6) is 0 Å². The summed E-state index contributed by atoms with van der Waals surface area (Å²) in [6.07, 6.45) is 1.70. The van der Waals surface area contributed by atoms with Gasteiger partial charge in [-0.25, -0.2) is 4.99 Å². The lowest BCUT2D eigenvalue weighted by Crippen LogP contribution is -2.31. The molecule has 3 nitrogen and oxygen atoms in total. The maximum atomic E-state index is 6.11. The topological polar surface area (TPSA) is 50.4 Å². The summed E-state index contributed by atoms with van der Waals surface area (Å²) in [6, 6.07) is -0.133. The molecule has 0 aromatic carbocycles. The van der Waals surface area contributed by atoms with Crippen molar-refractivity contribution >= 4 is 41.3 Å². The van der Waals surface area contributed by atoms with Crippen molar-refractivity contribution in [3.8, 4) is 0 Å². The van der Waals surface area contributed by atoms with Gasteiger partial charge in [0.05, 0.1) is 5.03 Å². The molecule has 1 aromatic rings. The van der Waals surface area contributed by atoms with Crippen molar-refractivity contribution in [2.75, 3.05) is 0 Å². The molecule has 0 fully saturated rings. The van der Waals surface area contributed by atoms with Crippen molar-refractivity contribution < 1.29 is 0 Å². The minimum Gasteiger partial charge on any atom is -0.370 e. The van der Waals surface area contributed by atoms with E-state index < -0.39 is 0 Å². The smallest absolute Gasteiger partial charge is 0.193 e. The van der Waals surface area contributed by atoms with Crippen molar-refractivity contribution in [2.24, 2.45) is 10.7 Å². The Kier molecular flexibility index (Phi) is 4.24. The minimum absolute atomic E-state index is 0. The number of hydrogen-bond acceptors (Lipinski definition) is 4. The number of nitrogens with zero attached hydrogens (tertiary/aromatic N) is 1. The number of halogens is 2. The van der Waals surface area contributed by atoms with Crippen molar-refractivity contribution in [2.45, 2.75) is 19.9 Å². The van der Waals surface area contributed by atoms with Crippen LogP contribution in [0.1, 0.15) is 22.0 Å². The van der Waals surface area contributed by atoms with Crippen molar-refractivity contribution in [3.05, 3.63) is 32.6 Å². The van der Waals surface area contributed by atoms with Crippen molar-refractivity contribution in [1.29, 1.82) is 0 Å². The zero-order chi connectivity index (χ0) is 11.0.